The van der Waals surface area contributed by atoms with E-state index in [2.05, 4.69) is 0 Å². The third kappa shape index (κ3) is 4.16. The van der Waals surface area contributed by atoms with E-state index in [1.807, 2.05) is 0 Å². The van der Waals surface area contributed by atoms with E-state index in [-0.39, 0.29) is 24.8 Å². The van der Waals surface area contributed by atoms with Crippen molar-refractivity contribution in [2.75, 3.05) is 6.54 Å². The minimum absolute atomic E-state index is 0. The molecule has 0 aromatic carbocycles. The molecule has 0 unspecified atom stereocenters. The fourth-order valence-corrected chi connectivity index (χ4v) is 1.41. The Hall–Kier alpha value is 0.500. The van der Waals surface area contributed by atoms with E-state index in [0.717, 1.165) is 25.7 Å². The Kier molecular flexibility index (Phi) is 7.75. The molecule has 0 saturated heterocycles. The van der Waals surface area contributed by atoms with E-state index in [4.69, 9.17) is 5.73 Å². The molecule has 0 aromatic rings. The molecule has 1 rings (SSSR count). The molecule has 4 heteroatoms. The summed E-state index contributed by atoms with van der Waals surface area (Å²) in [4.78, 5) is 0. The van der Waals surface area contributed by atoms with E-state index >= 15 is 0 Å². The molecule has 1 aliphatic carbocycles. The van der Waals surface area contributed by atoms with Gasteiger partial charge in [-0.2, -0.15) is 0 Å². The van der Waals surface area contributed by atoms with Crippen LogP contribution in [0, 0.1) is 0 Å². The summed E-state index contributed by atoms with van der Waals surface area (Å²) >= 11 is 0. The topological polar surface area (TPSA) is 46.2 Å². The summed E-state index contributed by atoms with van der Waals surface area (Å²) in [5.41, 5.74) is 4.89. The first kappa shape index (κ1) is 14.0. The van der Waals surface area contributed by atoms with Crippen LogP contribution in [0.5, 0.6) is 0 Å². The summed E-state index contributed by atoms with van der Waals surface area (Å²) < 4.78 is 0. The van der Waals surface area contributed by atoms with Crippen molar-refractivity contribution in [2.24, 2.45) is 5.73 Å². The number of hydrogen-bond donors (Lipinski definition) is 2. The molecule has 70 valence electrons. The maximum Gasteiger partial charge on any atom is 0.0769 e. The largest absolute Gasteiger partial charge is 0.389 e. The average Bonchev–Trinajstić information content (AvgIpc) is 1.90. The highest BCUT2D eigenvalue weighted by molar-refractivity contribution is 5.85. The Labute approximate surface area is 80.4 Å². The zero-order valence-corrected chi connectivity index (χ0v) is 8.22. The molecule has 1 saturated carbocycles. The lowest BCUT2D eigenvalue weighted by atomic mass is 9.85. The second-order valence-corrected chi connectivity index (χ2v) is 2.99. The summed E-state index contributed by atoms with van der Waals surface area (Å²) in [6, 6.07) is 0. The first-order valence-corrected chi connectivity index (χ1v) is 3.69. The lowest BCUT2D eigenvalue weighted by molar-refractivity contribution is 0.0128. The van der Waals surface area contributed by atoms with Gasteiger partial charge in [-0.25, -0.2) is 0 Å². The smallest absolute Gasteiger partial charge is 0.0769 e. The maximum absolute atomic E-state index is 9.56. The van der Waals surface area contributed by atoms with Crippen LogP contribution in [0.1, 0.15) is 32.1 Å². The highest BCUT2D eigenvalue weighted by Gasteiger charge is 2.26. The van der Waals surface area contributed by atoms with E-state index in [1.54, 1.807) is 0 Å². The molecular weight excluding hydrogens is 185 g/mol. The highest BCUT2D eigenvalue weighted by atomic mass is 35.5. The van der Waals surface area contributed by atoms with Crippen LogP contribution < -0.4 is 5.73 Å². The zero-order chi connectivity index (χ0) is 6.74. The van der Waals surface area contributed by atoms with Crippen molar-refractivity contribution >= 4 is 24.8 Å². The van der Waals surface area contributed by atoms with Crippen LogP contribution in [0.25, 0.3) is 0 Å². The van der Waals surface area contributed by atoms with Crippen molar-refractivity contribution in [1.29, 1.82) is 0 Å². The van der Waals surface area contributed by atoms with Gasteiger partial charge in [-0.1, -0.05) is 19.3 Å². The fraction of sp³-hybridized carbons (Fsp3) is 1.00. The van der Waals surface area contributed by atoms with Gasteiger partial charge in [-0.15, -0.1) is 24.8 Å². The van der Waals surface area contributed by atoms with Gasteiger partial charge >= 0.3 is 0 Å². The molecular formula is C7H17Cl2NO. The Balaban J connectivity index is 0. The van der Waals surface area contributed by atoms with Crippen molar-refractivity contribution < 1.29 is 5.11 Å². The van der Waals surface area contributed by atoms with Gasteiger partial charge in [0, 0.05) is 6.54 Å². The molecule has 0 heterocycles. The van der Waals surface area contributed by atoms with Gasteiger partial charge in [-0.05, 0) is 12.8 Å². The second-order valence-electron chi connectivity index (χ2n) is 2.99. The van der Waals surface area contributed by atoms with E-state index in [9.17, 15) is 5.11 Å². The van der Waals surface area contributed by atoms with Crippen molar-refractivity contribution in [2.45, 2.75) is 37.7 Å². The lowest BCUT2D eigenvalue weighted by Crippen LogP contribution is -2.39. The van der Waals surface area contributed by atoms with E-state index < -0.39 is 5.60 Å². The molecule has 0 aromatic heterocycles. The molecule has 3 N–H and O–H groups in total. The SMILES string of the molecule is Cl.Cl.NCC1(O)CCCCC1. The average molecular weight is 202 g/mol. The third-order valence-electron chi connectivity index (χ3n) is 2.16. The van der Waals surface area contributed by atoms with Gasteiger partial charge in [0.05, 0.1) is 5.60 Å². The third-order valence-corrected chi connectivity index (χ3v) is 2.16. The van der Waals surface area contributed by atoms with Crippen LogP contribution in [-0.4, -0.2) is 17.3 Å². The normalized spacial score (nSPS) is 21.3. The van der Waals surface area contributed by atoms with Crippen LogP contribution in [0.3, 0.4) is 0 Å². The second kappa shape index (κ2) is 6.06. The Morgan fingerprint density at radius 1 is 1.09 bits per heavy atom. The van der Waals surface area contributed by atoms with Crippen molar-refractivity contribution in [1.82, 2.24) is 0 Å². The standard InChI is InChI=1S/C7H15NO.2ClH/c8-6-7(9)4-2-1-3-5-7;;/h9H,1-6,8H2;2*1H. The first-order chi connectivity index (χ1) is 4.27. The monoisotopic (exact) mass is 201 g/mol. The molecule has 0 atom stereocenters. The van der Waals surface area contributed by atoms with Crippen LogP contribution in [0.15, 0.2) is 0 Å². The van der Waals surface area contributed by atoms with Crippen molar-refractivity contribution in [3.8, 4) is 0 Å². The molecule has 11 heavy (non-hydrogen) atoms. The lowest BCUT2D eigenvalue weighted by Gasteiger charge is -2.30. The van der Waals surface area contributed by atoms with Crippen LogP contribution >= 0.6 is 24.8 Å². The predicted octanol–water partition coefficient (Wildman–Crippen LogP) is 1.48. The van der Waals surface area contributed by atoms with E-state index in [0.29, 0.717) is 6.54 Å². The quantitative estimate of drug-likeness (QED) is 0.676. The van der Waals surface area contributed by atoms with Gasteiger partial charge in [0.15, 0.2) is 0 Å². The number of nitrogens with two attached hydrogens (primary N) is 1. The molecule has 1 fully saturated rings. The van der Waals surface area contributed by atoms with Gasteiger partial charge in [-0.3, -0.25) is 0 Å². The van der Waals surface area contributed by atoms with Gasteiger partial charge < -0.3 is 10.8 Å². The summed E-state index contributed by atoms with van der Waals surface area (Å²) in [5, 5.41) is 9.56. The van der Waals surface area contributed by atoms with Crippen molar-refractivity contribution in [3.63, 3.8) is 0 Å². The number of rotatable bonds is 1. The molecule has 0 aliphatic heterocycles. The van der Waals surface area contributed by atoms with Crippen molar-refractivity contribution in [3.05, 3.63) is 0 Å². The number of aliphatic hydroxyl groups is 1. The summed E-state index contributed by atoms with van der Waals surface area (Å²) in [5.74, 6) is 0. The fourth-order valence-electron chi connectivity index (χ4n) is 1.41. The van der Waals surface area contributed by atoms with Gasteiger partial charge in [0.1, 0.15) is 0 Å². The molecule has 1 aliphatic rings. The minimum atomic E-state index is -0.502. The van der Waals surface area contributed by atoms with Gasteiger partial charge in [0.25, 0.3) is 0 Å². The zero-order valence-electron chi connectivity index (χ0n) is 6.58. The first-order valence-electron chi connectivity index (χ1n) is 3.69. The van der Waals surface area contributed by atoms with Crippen LogP contribution in [-0.2, 0) is 0 Å². The van der Waals surface area contributed by atoms with Crippen LogP contribution in [0.2, 0.25) is 0 Å². The molecule has 0 radical (unpaired) electrons. The highest BCUT2D eigenvalue weighted by Crippen LogP contribution is 2.26. The maximum atomic E-state index is 9.56. The van der Waals surface area contributed by atoms with Gasteiger partial charge in [0.2, 0.25) is 0 Å². The van der Waals surface area contributed by atoms with E-state index in [1.165, 1.54) is 6.42 Å². The van der Waals surface area contributed by atoms with Crippen LogP contribution in [0.4, 0.5) is 0 Å². The summed E-state index contributed by atoms with van der Waals surface area (Å²) in [7, 11) is 0. The Morgan fingerprint density at radius 2 is 1.55 bits per heavy atom. The Bertz CT molecular complexity index is 94.4. The summed E-state index contributed by atoms with van der Waals surface area (Å²) in [6.07, 6.45) is 5.37. The summed E-state index contributed by atoms with van der Waals surface area (Å²) in [6.45, 7) is 0.438. The molecule has 0 spiro atoms. The predicted molar refractivity (Wildman–Crippen MR) is 51.6 cm³/mol. The number of halogens is 2. The molecule has 0 bridgehead atoms. The number of hydrogen-bond acceptors (Lipinski definition) is 2. The molecule has 0 amide bonds. The minimum Gasteiger partial charge on any atom is -0.389 e. The molecule has 2 nitrogen and oxygen atoms in total. The Morgan fingerprint density at radius 3 is 1.82 bits per heavy atom.